The SMILES string of the molecule is CCCCCCCCCCCCCCCCCCCCCCCCC(=O)O[C@H](COC(=O)CCCCCCCCCCCCCCCCCCCC)COP(=O)(O)OC[C@@H](O)COP(=O)(O)OC[C@@H](COC(=O)CCCCCCCCC)OC(=O)CCCCCCCCCC(C)C. The van der Waals surface area contributed by atoms with Crippen molar-refractivity contribution in [2.75, 3.05) is 39.6 Å². The molecule has 0 aliphatic carbocycles. The number of carbonyl (C=O) groups is 4. The van der Waals surface area contributed by atoms with Crippen LogP contribution in [0.2, 0.25) is 0 Å². The van der Waals surface area contributed by atoms with Crippen LogP contribution in [0.1, 0.15) is 413 Å². The molecule has 17 nitrogen and oxygen atoms in total. The molecule has 0 aliphatic heterocycles. The van der Waals surface area contributed by atoms with Crippen molar-refractivity contribution in [3.8, 4) is 0 Å². The molecule has 5 atom stereocenters. The zero-order valence-electron chi connectivity index (χ0n) is 63.2. The zero-order valence-corrected chi connectivity index (χ0v) is 65.0. The monoisotopic (exact) mass is 1420 g/mol. The fourth-order valence-electron chi connectivity index (χ4n) is 12.1. The molecule has 0 fully saturated rings. The predicted octanol–water partition coefficient (Wildman–Crippen LogP) is 23.3. The van der Waals surface area contributed by atoms with E-state index in [0.29, 0.717) is 31.6 Å². The van der Waals surface area contributed by atoms with E-state index < -0.39 is 97.5 Å². The standard InChI is InChI=1S/C78H152O17P2/c1-6-9-12-15-18-20-22-24-26-28-30-31-32-33-35-37-39-41-43-48-53-58-63-77(82)94-74(68-89-76(81)62-57-52-47-42-40-38-36-34-29-27-25-23-21-19-16-13-10-7-2)70-93-97(86,87)91-66-72(79)65-90-96(84,85)92-69-73(67-88-75(80)61-56-51-45-17-14-11-8-3)95-78(83)64-59-54-49-44-46-50-55-60-71(4)5/h71-74,79H,6-70H2,1-5H3,(H,84,85)(H,86,87)/t72-,73+,74+/m0/s1. The second-order valence-electron chi connectivity index (χ2n) is 28.6. The van der Waals surface area contributed by atoms with Crippen molar-refractivity contribution < 1.29 is 80.2 Å². The summed E-state index contributed by atoms with van der Waals surface area (Å²) in [5, 5.41) is 10.6. The lowest BCUT2D eigenvalue weighted by Crippen LogP contribution is -2.30. The second kappa shape index (κ2) is 71.1. The van der Waals surface area contributed by atoms with E-state index in [1.54, 1.807) is 0 Å². The van der Waals surface area contributed by atoms with Crippen molar-refractivity contribution in [2.24, 2.45) is 5.92 Å². The first-order valence-corrected chi connectivity index (χ1v) is 43.6. The molecule has 576 valence electrons. The summed E-state index contributed by atoms with van der Waals surface area (Å²) in [6, 6.07) is 0. The maximum atomic E-state index is 13.1. The van der Waals surface area contributed by atoms with E-state index in [2.05, 4.69) is 34.6 Å². The molecule has 0 saturated heterocycles. The summed E-state index contributed by atoms with van der Waals surface area (Å²) in [6.45, 7) is 7.19. The lowest BCUT2D eigenvalue weighted by Gasteiger charge is -2.21. The van der Waals surface area contributed by atoms with E-state index in [1.165, 1.54) is 225 Å². The van der Waals surface area contributed by atoms with Gasteiger partial charge in [-0.1, -0.05) is 362 Å². The Morgan fingerprint density at radius 1 is 0.278 bits per heavy atom. The lowest BCUT2D eigenvalue weighted by atomic mass is 10.0. The van der Waals surface area contributed by atoms with Gasteiger partial charge in [0, 0.05) is 25.7 Å². The molecule has 19 heteroatoms. The Morgan fingerprint density at radius 2 is 0.474 bits per heavy atom. The number of esters is 4. The Balaban J connectivity index is 5.13. The molecule has 0 aliphatic rings. The maximum Gasteiger partial charge on any atom is 0.472 e. The first kappa shape index (κ1) is 95.1. The van der Waals surface area contributed by atoms with Crippen LogP contribution in [0.3, 0.4) is 0 Å². The number of carbonyl (C=O) groups excluding carboxylic acids is 4. The summed E-state index contributed by atoms with van der Waals surface area (Å²) in [6.07, 6.45) is 61.6. The highest BCUT2D eigenvalue weighted by Crippen LogP contribution is 2.45. The Kier molecular flexibility index (Phi) is 69.6. The quantitative estimate of drug-likeness (QED) is 0.0222. The van der Waals surface area contributed by atoms with E-state index in [1.807, 2.05) is 0 Å². The number of aliphatic hydroxyl groups is 1. The van der Waals surface area contributed by atoms with Crippen molar-refractivity contribution in [1.82, 2.24) is 0 Å². The van der Waals surface area contributed by atoms with Gasteiger partial charge in [-0.2, -0.15) is 0 Å². The normalized spacial score (nSPS) is 13.9. The zero-order chi connectivity index (χ0) is 71.2. The highest BCUT2D eigenvalue weighted by molar-refractivity contribution is 7.47. The van der Waals surface area contributed by atoms with Gasteiger partial charge in [-0.15, -0.1) is 0 Å². The minimum absolute atomic E-state index is 0.104. The van der Waals surface area contributed by atoms with Crippen LogP contribution in [0.4, 0.5) is 0 Å². The van der Waals surface area contributed by atoms with Crippen molar-refractivity contribution >= 4 is 39.5 Å². The summed E-state index contributed by atoms with van der Waals surface area (Å²) in [4.78, 5) is 72.7. The van der Waals surface area contributed by atoms with Gasteiger partial charge >= 0.3 is 39.5 Å². The molecule has 0 radical (unpaired) electrons. The van der Waals surface area contributed by atoms with E-state index in [-0.39, 0.29) is 25.7 Å². The molecule has 0 rings (SSSR count). The third kappa shape index (κ3) is 72.2. The van der Waals surface area contributed by atoms with Gasteiger partial charge in [0.1, 0.15) is 19.3 Å². The molecule has 0 heterocycles. The first-order valence-electron chi connectivity index (χ1n) is 40.6. The minimum Gasteiger partial charge on any atom is -0.462 e. The number of hydrogen-bond acceptors (Lipinski definition) is 15. The van der Waals surface area contributed by atoms with Crippen molar-refractivity contribution in [2.45, 2.75) is 432 Å². The molecule has 0 aromatic carbocycles. The van der Waals surface area contributed by atoms with E-state index in [9.17, 15) is 43.2 Å². The summed E-state index contributed by atoms with van der Waals surface area (Å²) in [5.74, 6) is -1.42. The smallest absolute Gasteiger partial charge is 0.462 e. The Morgan fingerprint density at radius 3 is 0.701 bits per heavy atom. The van der Waals surface area contributed by atoms with Gasteiger partial charge < -0.3 is 33.8 Å². The molecule has 0 saturated carbocycles. The molecular formula is C78H152O17P2. The first-order chi connectivity index (χ1) is 47.0. The van der Waals surface area contributed by atoms with Gasteiger partial charge in [0.05, 0.1) is 26.4 Å². The van der Waals surface area contributed by atoms with Gasteiger partial charge in [-0.05, 0) is 31.6 Å². The maximum absolute atomic E-state index is 13.1. The molecular weight excluding hydrogens is 1270 g/mol. The predicted molar refractivity (Wildman–Crippen MR) is 395 cm³/mol. The van der Waals surface area contributed by atoms with Crippen LogP contribution in [0.15, 0.2) is 0 Å². The van der Waals surface area contributed by atoms with Gasteiger partial charge in [-0.25, -0.2) is 9.13 Å². The number of aliphatic hydroxyl groups excluding tert-OH is 1. The Labute approximate surface area is 594 Å². The third-order valence-electron chi connectivity index (χ3n) is 18.3. The molecule has 0 amide bonds. The molecule has 0 aromatic heterocycles. The van der Waals surface area contributed by atoms with Crippen LogP contribution in [-0.4, -0.2) is 96.7 Å². The summed E-state index contributed by atoms with van der Waals surface area (Å²) in [5.41, 5.74) is 0. The fraction of sp³-hybridized carbons (Fsp3) is 0.949. The summed E-state index contributed by atoms with van der Waals surface area (Å²) >= 11 is 0. The van der Waals surface area contributed by atoms with Gasteiger partial charge in [0.25, 0.3) is 0 Å². The van der Waals surface area contributed by atoms with Crippen molar-refractivity contribution in [3.05, 3.63) is 0 Å². The summed E-state index contributed by atoms with van der Waals surface area (Å²) in [7, 11) is -9.90. The Bertz CT molecular complexity index is 1860. The number of rotatable bonds is 78. The van der Waals surface area contributed by atoms with Crippen LogP contribution in [0.5, 0.6) is 0 Å². The molecule has 97 heavy (non-hydrogen) atoms. The van der Waals surface area contributed by atoms with Crippen molar-refractivity contribution in [1.29, 1.82) is 0 Å². The average Bonchev–Trinajstić information content (AvgIpc) is 1.77. The fourth-order valence-corrected chi connectivity index (χ4v) is 13.6. The lowest BCUT2D eigenvalue weighted by molar-refractivity contribution is -0.161. The third-order valence-corrected chi connectivity index (χ3v) is 20.2. The topological polar surface area (TPSA) is 237 Å². The van der Waals surface area contributed by atoms with Crippen LogP contribution in [0, 0.1) is 5.92 Å². The number of phosphoric acid groups is 2. The van der Waals surface area contributed by atoms with E-state index >= 15 is 0 Å². The van der Waals surface area contributed by atoms with Gasteiger partial charge in [0.2, 0.25) is 0 Å². The van der Waals surface area contributed by atoms with Gasteiger partial charge in [-0.3, -0.25) is 37.3 Å². The molecule has 0 spiro atoms. The molecule has 0 bridgehead atoms. The largest absolute Gasteiger partial charge is 0.472 e. The second-order valence-corrected chi connectivity index (χ2v) is 31.5. The van der Waals surface area contributed by atoms with Crippen LogP contribution >= 0.6 is 15.6 Å². The number of hydrogen-bond donors (Lipinski definition) is 3. The van der Waals surface area contributed by atoms with E-state index in [4.69, 9.17) is 37.0 Å². The van der Waals surface area contributed by atoms with Crippen molar-refractivity contribution in [3.63, 3.8) is 0 Å². The number of unbranched alkanes of at least 4 members (excludes halogenated alkanes) is 50. The van der Waals surface area contributed by atoms with E-state index in [0.717, 1.165) is 103 Å². The highest BCUT2D eigenvalue weighted by atomic mass is 31.2. The average molecular weight is 1420 g/mol. The molecule has 0 aromatic rings. The summed E-state index contributed by atoms with van der Waals surface area (Å²) < 4.78 is 68.4. The van der Waals surface area contributed by atoms with Crippen LogP contribution in [0.25, 0.3) is 0 Å². The van der Waals surface area contributed by atoms with Gasteiger partial charge in [0.15, 0.2) is 12.2 Å². The highest BCUT2D eigenvalue weighted by Gasteiger charge is 2.30. The molecule has 3 N–H and O–H groups in total. The van der Waals surface area contributed by atoms with Crippen LogP contribution < -0.4 is 0 Å². The molecule has 2 unspecified atom stereocenters. The Hall–Kier alpha value is -1.94. The minimum atomic E-state index is -4.96. The number of phosphoric ester groups is 2. The van der Waals surface area contributed by atoms with Crippen LogP contribution in [-0.2, 0) is 65.4 Å². The number of ether oxygens (including phenoxy) is 4.